The van der Waals surface area contributed by atoms with Gasteiger partial charge in [-0.3, -0.25) is 10.00 Å². The summed E-state index contributed by atoms with van der Waals surface area (Å²) in [4.78, 5) is 0. The molecule has 1 saturated heterocycles. The summed E-state index contributed by atoms with van der Waals surface area (Å²) in [6, 6.07) is 0. The first-order valence-corrected chi connectivity index (χ1v) is 8.87. The Morgan fingerprint density at radius 3 is 2.83 bits per heavy atom. The van der Waals surface area contributed by atoms with Gasteiger partial charge in [0.1, 0.15) is 6.23 Å². The van der Waals surface area contributed by atoms with E-state index in [1.165, 1.54) is 5.69 Å². The molecule has 0 bridgehead atoms. The topological polar surface area (TPSA) is 79.5 Å². The van der Waals surface area contributed by atoms with Gasteiger partial charge < -0.3 is 14.9 Å². The van der Waals surface area contributed by atoms with E-state index in [0.29, 0.717) is 0 Å². The Hall–Kier alpha value is -0.950. The van der Waals surface area contributed by atoms with Gasteiger partial charge in [-0.05, 0) is 43.9 Å². The van der Waals surface area contributed by atoms with Crippen LogP contribution in [0.25, 0.3) is 0 Å². The van der Waals surface area contributed by atoms with E-state index >= 15 is 0 Å². The van der Waals surface area contributed by atoms with E-state index in [0.717, 1.165) is 76.1 Å². The van der Waals surface area contributed by atoms with Gasteiger partial charge in [0.05, 0.1) is 5.69 Å². The molecular formula is C17H29N3O3. The maximum atomic E-state index is 10.6. The average molecular weight is 323 g/mol. The van der Waals surface area contributed by atoms with Crippen LogP contribution >= 0.6 is 0 Å². The number of hydrogen-bond acceptors (Lipinski definition) is 5. The quantitative estimate of drug-likeness (QED) is 0.709. The predicted molar refractivity (Wildman–Crippen MR) is 87.1 cm³/mol. The molecule has 23 heavy (non-hydrogen) atoms. The lowest BCUT2D eigenvalue weighted by molar-refractivity contribution is 0.00876. The van der Waals surface area contributed by atoms with Crippen molar-refractivity contribution in [1.82, 2.24) is 15.1 Å². The van der Waals surface area contributed by atoms with E-state index in [1.807, 2.05) is 0 Å². The Labute approximate surface area is 137 Å². The van der Waals surface area contributed by atoms with Crippen molar-refractivity contribution in [3.63, 3.8) is 0 Å². The molecule has 1 spiro atoms. The van der Waals surface area contributed by atoms with E-state index in [1.54, 1.807) is 0 Å². The van der Waals surface area contributed by atoms with Crippen molar-refractivity contribution >= 4 is 0 Å². The molecule has 6 nitrogen and oxygen atoms in total. The number of unbranched alkanes of at least 4 members (excludes halogenated alkanes) is 1. The van der Waals surface area contributed by atoms with Crippen LogP contribution in [0.4, 0.5) is 0 Å². The number of ether oxygens (including phenoxy) is 1. The minimum absolute atomic E-state index is 0.157. The molecule has 0 saturated carbocycles. The molecule has 0 aliphatic carbocycles. The number of aliphatic hydroxyl groups excluding tert-OH is 2. The molecule has 1 unspecified atom stereocenters. The van der Waals surface area contributed by atoms with Gasteiger partial charge in [0.15, 0.2) is 0 Å². The van der Waals surface area contributed by atoms with Crippen LogP contribution in [0.5, 0.6) is 0 Å². The number of rotatable bonds is 5. The van der Waals surface area contributed by atoms with E-state index in [4.69, 9.17) is 14.9 Å². The highest BCUT2D eigenvalue weighted by atomic mass is 16.5. The molecule has 0 amide bonds. The van der Waals surface area contributed by atoms with E-state index in [2.05, 4.69) is 16.9 Å². The molecule has 3 N–H and O–H groups in total. The third-order valence-electron chi connectivity index (χ3n) is 5.33. The van der Waals surface area contributed by atoms with Crippen LogP contribution in [0, 0.1) is 5.41 Å². The second-order valence-electron chi connectivity index (χ2n) is 6.89. The molecule has 0 aromatic carbocycles. The van der Waals surface area contributed by atoms with Crippen molar-refractivity contribution in [1.29, 1.82) is 0 Å². The van der Waals surface area contributed by atoms with Crippen LogP contribution < -0.4 is 5.32 Å². The molecule has 3 heterocycles. The lowest BCUT2D eigenvalue weighted by Crippen LogP contribution is -2.40. The Balaban J connectivity index is 1.92. The molecule has 2 aliphatic rings. The smallest absolute Gasteiger partial charge is 0.134 e. The number of aliphatic hydroxyl groups is 2. The molecule has 130 valence electrons. The Kier molecular flexibility index (Phi) is 5.36. The monoisotopic (exact) mass is 323 g/mol. The number of hydrogen-bond donors (Lipinski definition) is 3. The highest BCUT2D eigenvalue weighted by Crippen LogP contribution is 2.39. The van der Waals surface area contributed by atoms with Gasteiger partial charge in [-0.2, -0.15) is 5.10 Å². The molecule has 1 aromatic rings. The lowest BCUT2D eigenvalue weighted by Gasteiger charge is -2.36. The number of aryl methyl sites for hydroxylation is 2. The zero-order valence-electron chi connectivity index (χ0n) is 14.1. The van der Waals surface area contributed by atoms with Gasteiger partial charge in [-0.1, -0.05) is 6.92 Å². The van der Waals surface area contributed by atoms with Crippen molar-refractivity contribution in [2.45, 2.75) is 58.2 Å². The van der Waals surface area contributed by atoms with Crippen LogP contribution in [0.2, 0.25) is 0 Å². The fraction of sp³-hybridized carbons (Fsp3) is 0.824. The summed E-state index contributed by atoms with van der Waals surface area (Å²) in [5.74, 6) is 0. The van der Waals surface area contributed by atoms with Crippen molar-refractivity contribution in [2.24, 2.45) is 5.41 Å². The van der Waals surface area contributed by atoms with Crippen molar-refractivity contribution in [3.05, 3.63) is 17.0 Å². The highest BCUT2D eigenvalue weighted by molar-refractivity contribution is 5.31. The minimum atomic E-state index is -0.631. The van der Waals surface area contributed by atoms with Gasteiger partial charge in [0.2, 0.25) is 0 Å². The summed E-state index contributed by atoms with van der Waals surface area (Å²) in [6.45, 7) is 5.53. The number of fused-ring (bicyclic) bond motifs is 1. The molecule has 0 radical (unpaired) electrons. The summed E-state index contributed by atoms with van der Waals surface area (Å²) in [5.41, 5.74) is 3.32. The number of nitrogens with one attached hydrogen (secondary N) is 1. The second kappa shape index (κ2) is 7.30. The van der Waals surface area contributed by atoms with Gasteiger partial charge >= 0.3 is 0 Å². The molecule has 1 fully saturated rings. The lowest BCUT2D eigenvalue weighted by atomic mass is 9.76. The molecule has 3 rings (SSSR count). The zero-order valence-corrected chi connectivity index (χ0v) is 14.1. The van der Waals surface area contributed by atoms with Crippen LogP contribution in [0.3, 0.4) is 0 Å². The van der Waals surface area contributed by atoms with Gasteiger partial charge in [0.25, 0.3) is 0 Å². The number of nitrogens with zero attached hydrogens (tertiary/aromatic N) is 2. The predicted octanol–water partition coefficient (Wildman–Crippen LogP) is 1.15. The molecule has 1 aromatic heterocycles. The SMILES string of the molecule is CCc1nn(CCCCO)c2c1C(O)NCC1(CCOCC1)C2. The first kappa shape index (κ1) is 16.9. The number of aromatic nitrogens is 2. The largest absolute Gasteiger partial charge is 0.396 e. The van der Waals surface area contributed by atoms with Gasteiger partial charge in [0, 0.05) is 44.2 Å². The molecule has 2 aliphatic heterocycles. The summed E-state index contributed by atoms with van der Waals surface area (Å²) in [7, 11) is 0. The summed E-state index contributed by atoms with van der Waals surface area (Å²) >= 11 is 0. The zero-order chi connectivity index (χ0) is 16.3. The van der Waals surface area contributed by atoms with Crippen molar-refractivity contribution in [2.75, 3.05) is 26.4 Å². The summed E-state index contributed by atoms with van der Waals surface area (Å²) in [6.07, 6.45) is 4.88. The summed E-state index contributed by atoms with van der Waals surface area (Å²) < 4.78 is 7.63. The van der Waals surface area contributed by atoms with Crippen molar-refractivity contribution < 1.29 is 14.9 Å². The van der Waals surface area contributed by atoms with Crippen LogP contribution in [0.1, 0.15) is 55.8 Å². The van der Waals surface area contributed by atoms with Crippen molar-refractivity contribution in [3.8, 4) is 0 Å². The average Bonchev–Trinajstić information content (AvgIpc) is 2.84. The van der Waals surface area contributed by atoms with Crippen LogP contribution in [-0.2, 0) is 24.1 Å². The third kappa shape index (κ3) is 3.45. The normalized spacial score (nSPS) is 23.7. The van der Waals surface area contributed by atoms with E-state index in [-0.39, 0.29) is 12.0 Å². The Morgan fingerprint density at radius 1 is 1.35 bits per heavy atom. The van der Waals surface area contributed by atoms with Crippen LogP contribution in [-0.4, -0.2) is 46.4 Å². The van der Waals surface area contributed by atoms with E-state index in [9.17, 15) is 5.11 Å². The van der Waals surface area contributed by atoms with Gasteiger partial charge in [-0.15, -0.1) is 0 Å². The standard InChI is InChI=1S/C17H29N3O3/c1-2-13-15-14(20(19-13)7-3-4-8-21)11-17(12-18-16(15)22)5-9-23-10-6-17/h16,18,21-22H,2-12H2,1H3. The second-order valence-corrected chi connectivity index (χ2v) is 6.89. The first-order chi connectivity index (χ1) is 11.2. The highest BCUT2D eigenvalue weighted by Gasteiger charge is 2.39. The first-order valence-electron chi connectivity index (χ1n) is 8.87. The van der Waals surface area contributed by atoms with E-state index < -0.39 is 6.23 Å². The Bertz CT molecular complexity index is 523. The summed E-state index contributed by atoms with van der Waals surface area (Å²) in [5, 5.41) is 27.7. The third-order valence-corrected chi connectivity index (χ3v) is 5.33. The minimum Gasteiger partial charge on any atom is -0.396 e. The molecule has 6 heteroatoms. The fourth-order valence-electron chi connectivity index (χ4n) is 3.88. The van der Waals surface area contributed by atoms with Crippen LogP contribution in [0.15, 0.2) is 0 Å². The Morgan fingerprint density at radius 2 is 2.13 bits per heavy atom. The van der Waals surface area contributed by atoms with Gasteiger partial charge in [-0.25, -0.2) is 0 Å². The maximum Gasteiger partial charge on any atom is 0.134 e. The fourth-order valence-corrected chi connectivity index (χ4v) is 3.88. The maximum absolute atomic E-state index is 10.6. The molecular weight excluding hydrogens is 294 g/mol. The molecule has 1 atom stereocenters.